The lowest BCUT2D eigenvalue weighted by Crippen LogP contribution is -2.03. The maximum Gasteiger partial charge on any atom is 0.305 e. The fraction of sp³-hybridized carbons (Fsp3) is 0.364. The van der Waals surface area contributed by atoms with Crippen molar-refractivity contribution in [2.75, 3.05) is 14.2 Å². The molecule has 88 valence electrons. The van der Waals surface area contributed by atoms with Crippen LogP contribution in [0.2, 0.25) is 10.0 Å². The van der Waals surface area contributed by atoms with Crippen LogP contribution in [0.5, 0.6) is 5.75 Å². The number of hydrogen-bond acceptors (Lipinski definition) is 3. The first kappa shape index (κ1) is 13.1. The SMILES string of the molecule is COC(=O)CCc1cc(Cl)c(Cl)cc1OC. The van der Waals surface area contributed by atoms with Gasteiger partial charge in [0.1, 0.15) is 5.75 Å². The van der Waals surface area contributed by atoms with Gasteiger partial charge in [0.2, 0.25) is 0 Å². The van der Waals surface area contributed by atoms with Crippen molar-refractivity contribution in [1.29, 1.82) is 0 Å². The molecule has 0 atom stereocenters. The van der Waals surface area contributed by atoms with E-state index in [0.29, 0.717) is 22.2 Å². The van der Waals surface area contributed by atoms with Crippen molar-refractivity contribution in [2.45, 2.75) is 12.8 Å². The van der Waals surface area contributed by atoms with Gasteiger partial charge in [-0.1, -0.05) is 23.2 Å². The van der Waals surface area contributed by atoms with Gasteiger partial charge in [0.05, 0.1) is 24.3 Å². The number of benzene rings is 1. The van der Waals surface area contributed by atoms with Crippen LogP contribution in [0.1, 0.15) is 12.0 Å². The van der Waals surface area contributed by atoms with E-state index in [0.717, 1.165) is 5.56 Å². The Hall–Kier alpha value is -0.930. The second-order valence-corrected chi connectivity index (χ2v) is 3.97. The highest BCUT2D eigenvalue weighted by molar-refractivity contribution is 6.42. The predicted octanol–water partition coefficient (Wildman–Crippen LogP) is 3.11. The van der Waals surface area contributed by atoms with E-state index in [4.69, 9.17) is 27.9 Å². The number of rotatable bonds is 4. The molecule has 0 aromatic heterocycles. The lowest BCUT2D eigenvalue weighted by atomic mass is 10.1. The van der Waals surface area contributed by atoms with Crippen LogP contribution in [0.4, 0.5) is 0 Å². The van der Waals surface area contributed by atoms with Crippen LogP contribution in [-0.4, -0.2) is 20.2 Å². The molecule has 3 nitrogen and oxygen atoms in total. The summed E-state index contributed by atoms with van der Waals surface area (Å²) in [7, 11) is 2.90. The first-order valence-electron chi connectivity index (χ1n) is 4.67. The number of esters is 1. The average Bonchev–Trinajstić information content (AvgIpc) is 2.29. The molecule has 0 saturated heterocycles. The Balaban J connectivity index is 2.86. The second kappa shape index (κ2) is 5.97. The number of hydrogen-bond donors (Lipinski definition) is 0. The number of halogens is 2. The van der Waals surface area contributed by atoms with Crippen LogP contribution in [-0.2, 0) is 16.0 Å². The summed E-state index contributed by atoms with van der Waals surface area (Å²) >= 11 is 11.7. The van der Waals surface area contributed by atoms with Crippen LogP contribution >= 0.6 is 23.2 Å². The third-order valence-electron chi connectivity index (χ3n) is 2.15. The number of aryl methyl sites for hydroxylation is 1. The minimum atomic E-state index is -0.270. The average molecular weight is 263 g/mol. The van der Waals surface area contributed by atoms with E-state index in [9.17, 15) is 4.79 Å². The maximum atomic E-state index is 11.0. The Labute approximate surface area is 104 Å². The molecule has 0 fully saturated rings. The van der Waals surface area contributed by atoms with Crippen LogP contribution in [0.15, 0.2) is 12.1 Å². The summed E-state index contributed by atoms with van der Waals surface area (Å²) in [5.41, 5.74) is 0.835. The summed E-state index contributed by atoms with van der Waals surface area (Å²) in [6.45, 7) is 0. The number of methoxy groups -OCH3 is 2. The summed E-state index contributed by atoms with van der Waals surface area (Å²) in [6, 6.07) is 3.34. The zero-order valence-electron chi connectivity index (χ0n) is 9.05. The smallest absolute Gasteiger partial charge is 0.305 e. The van der Waals surface area contributed by atoms with Gasteiger partial charge in [-0.15, -0.1) is 0 Å². The van der Waals surface area contributed by atoms with Crippen molar-refractivity contribution in [3.63, 3.8) is 0 Å². The van der Waals surface area contributed by atoms with Gasteiger partial charge in [-0.05, 0) is 18.1 Å². The van der Waals surface area contributed by atoms with Crippen molar-refractivity contribution in [2.24, 2.45) is 0 Å². The fourth-order valence-corrected chi connectivity index (χ4v) is 1.63. The van der Waals surface area contributed by atoms with Crippen LogP contribution < -0.4 is 4.74 Å². The van der Waals surface area contributed by atoms with Gasteiger partial charge in [0.25, 0.3) is 0 Å². The molecule has 0 unspecified atom stereocenters. The predicted molar refractivity (Wildman–Crippen MR) is 63.4 cm³/mol. The van der Waals surface area contributed by atoms with E-state index in [-0.39, 0.29) is 12.4 Å². The molecule has 0 bridgehead atoms. The molecule has 0 aliphatic heterocycles. The van der Waals surface area contributed by atoms with Crippen molar-refractivity contribution in [3.05, 3.63) is 27.7 Å². The van der Waals surface area contributed by atoms with Gasteiger partial charge in [-0.3, -0.25) is 4.79 Å². The third-order valence-corrected chi connectivity index (χ3v) is 2.87. The van der Waals surface area contributed by atoms with Crippen LogP contribution in [0.3, 0.4) is 0 Å². The van der Waals surface area contributed by atoms with E-state index in [2.05, 4.69) is 4.74 Å². The molecule has 16 heavy (non-hydrogen) atoms. The Morgan fingerprint density at radius 1 is 1.25 bits per heavy atom. The molecule has 0 spiro atoms. The Morgan fingerprint density at radius 2 is 1.88 bits per heavy atom. The molecule has 0 radical (unpaired) electrons. The van der Waals surface area contributed by atoms with E-state index >= 15 is 0 Å². The Bertz CT molecular complexity index is 391. The van der Waals surface area contributed by atoms with Crippen molar-refractivity contribution >= 4 is 29.2 Å². The quantitative estimate of drug-likeness (QED) is 0.783. The molecule has 1 aromatic carbocycles. The lowest BCUT2D eigenvalue weighted by Gasteiger charge is -2.09. The second-order valence-electron chi connectivity index (χ2n) is 3.15. The largest absolute Gasteiger partial charge is 0.496 e. The normalized spacial score (nSPS) is 10.0. The molecule has 1 rings (SSSR count). The Morgan fingerprint density at radius 3 is 2.44 bits per heavy atom. The zero-order valence-corrected chi connectivity index (χ0v) is 10.6. The molecule has 5 heteroatoms. The molecule has 0 saturated carbocycles. The number of carbonyl (C=O) groups excluding carboxylic acids is 1. The van der Waals surface area contributed by atoms with Gasteiger partial charge in [-0.2, -0.15) is 0 Å². The minimum Gasteiger partial charge on any atom is -0.496 e. The van der Waals surface area contributed by atoms with Gasteiger partial charge in [0.15, 0.2) is 0 Å². The highest BCUT2D eigenvalue weighted by Crippen LogP contribution is 2.31. The molecule has 0 aliphatic carbocycles. The summed E-state index contributed by atoms with van der Waals surface area (Å²) in [5.74, 6) is 0.353. The summed E-state index contributed by atoms with van der Waals surface area (Å²) in [5, 5.41) is 0.877. The standard InChI is InChI=1S/C11H12Cl2O3/c1-15-10-6-9(13)8(12)5-7(10)3-4-11(14)16-2/h5-6H,3-4H2,1-2H3. The summed E-state index contributed by atoms with van der Waals surface area (Å²) in [6.07, 6.45) is 0.789. The van der Waals surface area contributed by atoms with E-state index < -0.39 is 0 Å². The fourth-order valence-electron chi connectivity index (χ4n) is 1.29. The highest BCUT2D eigenvalue weighted by Gasteiger charge is 2.10. The molecule has 0 amide bonds. The summed E-state index contributed by atoms with van der Waals surface area (Å²) in [4.78, 5) is 11.0. The van der Waals surface area contributed by atoms with E-state index in [1.165, 1.54) is 7.11 Å². The minimum absolute atomic E-state index is 0.270. The molecule has 1 aromatic rings. The number of carbonyl (C=O) groups is 1. The Kier molecular flexibility index (Phi) is 4.90. The molecular formula is C11H12Cl2O3. The van der Waals surface area contributed by atoms with Crippen LogP contribution in [0.25, 0.3) is 0 Å². The van der Waals surface area contributed by atoms with Gasteiger partial charge in [0, 0.05) is 12.5 Å². The van der Waals surface area contributed by atoms with Crippen molar-refractivity contribution in [3.8, 4) is 5.75 Å². The van der Waals surface area contributed by atoms with E-state index in [1.54, 1.807) is 19.2 Å². The van der Waals surface area contributed by atoms with Gasteiger partial charge in [-0.25, -0.2) is 0 Å². The third kappa shape index (κ3) is 3.29. The molecule has 0 heterocycles. The first-order chi connectivity index (χ1) is 7.58. The van der Waals surface area contributed by atoms with Gasteiger partial charge < -0.3 is 9.47 Å². The zero-order chi connectivity index (χ0) is 12.1. The van der Waals surface area contributed by atoms with Crippen LogP contribution in [0, 0.1) is 0 Å². The molecule has 0 aliphatic rings. The van der Waals surface area contributed by atoms with Gasteiger partial charge >= 0.3 is 5.97 Å². The first-order valence-corrected chi connectivity index (χ1v) is 5.42. The topological polar surface area (TPSA) is 35.5 Å². The van der Waals surface area contributed by atoms with E-state index in [1.807, 2.05) is 0 Å². The molecular weight excluding hydrogens is 251 g/mol. The summed E-state index contributed by atoms with van der Waals surface area (Å²) < 4.78 is 9.71. The molecule has 0 N–H and O–H groups in total. The number of ether oxygens (including phenoxy) is 2. The lowest BCUT2D eigenvalue weighted by molar-refractivity contribution is -0.140. The van der Waals surface area contributed by atoms with Crippen molar-refractivity contribution in [1.82, 2.24) is 0 Å². The maximum absolute atomic E-state index is 11.0. The van der Waals surface area contributed by atoms with Crippen molar-refractivity contribution < 1.29 is 14.3 Å². The highest BCUT2D eigenvalue weighted by atomic mass is 35.5. The monoisotopic (exact) mass is 262 g/mol.